The van der Waals surface area contributed by atoms with Gasteiger partial charge in [-0.25, -0.2) is 0 Å². The molecule has 0 unspecified atom stereocenters. The van der Waals surface area contributed by atoms with E-state index < -0.39 is 5.41 Å². The van der Waals surface area contributed by atoms with Crippen LogP contribution in [0.1, 0.15) is 26.7 Å². The van der Waals surface area contributed by atoms with Gasteiger partial charge < -0.3 is 10.6 Å². The molecule has 156 valence electrons. The number of benzene rings is 4. The zero-order valence-electron chi connectivity index (χ0n) is 17.8. The molecule has 2 amide bonds. The third kappa shape index (κ3) is 4.58. The third-order valence-corrected chi connectivity index (χ3v) is 5.69. The summed E-state index contributed by atoms with van der Waals surface area (Å²) in [7, 11) is 0. The first-order valence-electron chi connectivity index (χ1n) is 10.5. The summed E-state index contributed by atoms with van der Waals surface area (Å²) in [6.45, 7) is 3.75. The number of hydrogen-bond donors (Lipinski definition) is 2. The zero-order chi connectivity index (χ0) is 21.8. The molecule has 2 N–H and O–H groups in total. The van der Waals surface area contributed by atoms with E-state index in [0.29, 0.717) is 6.42 Å². The Morgan fingerprint density at radius 1 is 0.677 bits per heavy atom. The van der Waals surface area contributed by atoms with Crippen LogP contribution in [0.3, 0.4) is 0 Å². The highest BCUT2D eigenvalue weighted by Crippen LogP contribution is 2.29. The lowest BCUT2D eigenvalue weighted by molar-refractivity contribution is -0.125. The van der Waals surface area contributed by atoms with Crippen molar-refractivity contribution in [3.8, 4) is 0 Å². The fraction of sp³-hybridized carbons (Fsp3) is 0.185. The first-order valence-corrected chi connectivity index (χ1v) is 10.5. The topological polar surface area (TPSA) is 58.2 Å². The lowest BCUT2D eigenvalue weighted by Crippen LogP contribution is -2.32. The maximum atomic E-state index is 13.0. The van der Waals surface area contributed by atoms with Gasteiger partial charge in [0.1, 0.15) is 0 Å². The Kier molecular flexibility index (Phi) is 5.72. The highest BCUT2D eigenvalue weighted by Gasteiger charge is 2.28. The molecular formula is C27H26N2O2. The lowest BCUT2D eigenvalue weighted by atomic mass is 9.86. The van der Waals surface area contributed by atoms with E-state index in [1.54, 1.807) is 0 Å². The first kappa shape index (κ1) is 20.6. The van der Waals surface area contributed by atoms with Gasteiger partial charge in [0.05, 0.1) is 0 Å². The molecule has 31 heavy (non-hydrogen) atoms. The van der Waals surface area contributed by atoms with Gasteiger partial charge in [0.25, 0.3) is 0 Å². The molecule has 0 atom stereocenters. The molecule has 4 nitrogen and oxygen atoms in total. The van der Waals surface area contributed by atoms with Crippen LogP contribution >= 0.6 is 0 Å². The number of carbonyl (C=O) groups is 2. The molecule has 0 radical (unpaired) electrons. The number of anilines is 2. The highest BCUT2D eigenvalue weighted by molar-refractivity contribution is 6.04. The Bertz CT molecular complexity index is 1250. The van der Waals surface area contributed by atoms with Gasteiger partial charge in [0, 0.05) is 34.0 Å². The maximum Gasteiger partial charge on any atom is 0.230 e. The summed E-state index contributed by atoms with van der Waals surface area (Å²) < 4.78 is 0. The zero-order valence-corrected chi connectivity index (χ0v) is 17.8. The van der Waals surface area contributed by atoms with Gasteiger partial charge in [-0.3, -0.25) is 9.59 Å². The van der Waals surface area contributed by atoms with Crippen molar-refractivity contribution in [3.63, 3.8) is 0 Å². The van der Waals surface area contributed by atoms with Crippen LogP contribution in [-0.2, 0) is 9.59 Å². The number of fused-ring (bicyclic) bond motifs is 2. The SMILES string of the molecule is CC(C)(CCC(=O)Nc1cccc2ccccc12)C(=O)Nc1cccc2ccccc12. The van der Waals surface area contributed by atoms with E-state index in [1.807, 2.05) is 98.8 Å². The van der Waals surface area contributed by atoms with Crippen LogP contribution in [0.2, 0.25) is 0 Å². The first-order chi connectivity index (χ1) is 14.9. The number of nitrogens with one attached hydrogen (secondary N) is 2. The summed E-state index contributed by atoms with van der Waals surface area (Å²) in [5.74, 6) is -0.191. The van der Waals surface area contributed by atoms with E-state index in [0.717, 1.165) is 32.9 Å². The molecular weight excluding hydrogens is 384 g/mol. The molecule has 0 saturated carbocycles. The second kappa shape index (κ2) is 8.60. The monoisotopic (exact) mass is 410 g/mol. The average molecular weight is 411 g/mol. The van der Waals surface area contributed by atoms with E-state index in [4.69, 9.17) is 0 Å². The molecule has 4 heteroatoms. The van der Waals surface area contributed by atoms with Crippen LogP contribution in [0, 0.1) is 5.41 Å². The summed E-state index contributed by atoms with van der Waals surface area (Å²) in [6, 6.07) is 27.6. The molecule has 0 bridgehead atoms. The second-order valence-electron chi connectivity index (χ2n) is 8.44. The van der Waals surface area contributed by atoms with Gasteiger partial charge in [-0.15, -0.1) is 0 Å². The van der Waals surface area contributed by atoms with Crippen molar-refractivity contribution in [1.29, 1.82) is 0 Å². The van der Waals surface area contributed by atoms with Gasteiger partial charge in [-0.05, 0) is 29.3 Å². The molecule has 0 fully saturated rings. The summed E-state index contributed by atoms with van der Waals surface area (Å²) in [6.07, 6.45) is 0.708. The Morgan fingerprint density at radius 2 is 1.16 bits per heavy atom. The van der Waals surface area contributed by atoms with Gasteiger partial charge in [0.15, 0.2) is 0 Å². The molecule has 0 aliphatic rings. The van der Waals surface area contributed by atoms with E-state index in [9.17, 15) is 9.59 Å². The van der Waals surface area contributed by atoms with Crippen molar-refractivity contribution in [2.75, 3.05) is 10.6 Å². The third-order valence-electron chi connectivity index (χ3n) is 5.69. The molecule has 4 rings (SSSR count). The number of amides is 2. The van der Waals surface area contributed by atoms with E-state index in [2.05, 4.69) is 10.6 Å². The molecule has 0 heterocycles. The largest absolute Gasteiger partial charge is 0.326 e. The maximum absolute atomic E-state index is 13.0. The van der Waals surface area contributed by atoms with Crippen LogP contribution in [0.4, 0.5) is 11.4 Å². The van der Waals surface area contributed by atoms with Gasteiger partial charge in [-0.2, -0.15) is 0 Å². The summed E-state index contributed by atoms with van der Waals surface area (Å²) in [4.78, 5) is 25.6. The van der Waals surface area contributed by atoms with Crippen molar-refractivity contribution >= 4 is 44.7 Å². The number of hydrogen-bond acceptors (Lipinski definition) is 2. The highest BCUT2D eigenvalue weighted by atomic mass is 16.2. The van der Waals surface area contributed by atoms with E-state index in [-0.39, 0.29) is 18.2 Å². The van der Waals surface area contributed by atoms with E-state index in [1.165, 1.54) is 0 Å². The fourth-order valence-electron chi connectivity index (χ4n) is 3.71. The standard InChI is InChI=1S/C27H26N2O2/c1-27(2,26(31)29-24-16-8-12-20-10-4-6-14-22(20)24)18-17-25(30)28-23-15-7-11-19-9-3-5-13-21(19)23/h3-16H,17-18H2,1-2H3,(H,28,30)(H,29,31). The van der Waals surface area contributed by atoms with Crippen LogP contribution in [0.25, 0.3) is 21.5 Å². The van der Waals surface area contributed by atoms with Crippen molar-refractivity contribution < 1.29 is 9.59 Å². The minimum atomic E-state index is -0.687. The van der Waals surface area contributed by atoms with Crippen molar-refractivity contribution in [1.82, 2.24) is 0 Å². The molecule has 4 aromatic rings. The number of rotatable bonds is 6. The van der Waals surface area contributed by atoms with Crippen molar-refractivity contribution in [2.45, 2.75) is 26.7 Å². The quantitative estimate of drug-likeness (QED) is 0.388. The average Bonchev–Trinajstić information content (AvgIpc) is 2.78. The van der Waals surface area contributed by atoms with Gasteiger partial charge in [0.2, 0.25) is 11.8 Å². The minimum Gasteiger partial charge on any atom is -0.326 e. The second-order valence-corrected chi connectivity index (χ2v) is 8.44. The summed E-state index contributed by atoms with van der Waals surface area (Å²) >= 11 is 0. The minimum absolute atomic E-state index is 0.0950. The molecule has 4 aromatic carbocycles. The van der Waals surface area contributed by atoms with Crippen LogP contribution < -0.4 is 10.6 Å². The van der Waals surface area contributed by atoms with Crippen molar-refractivity contribution in [2.24, 2.45) is 5.41 Å². The molecule has 0 spiro atoms. The lowest BCUT2D eigenvalue weighted by Gasteiger charge is -2.24. The van der Waals surface area contributed by atoms with Gasteiger partial charge >= 0.3 is 0 Å². The number of carbonyl (C=O) groups excluding carboxylic acids is 2. The summed E-state index contributed by atoms with van der Waals surface area (Å²) in [5.41, 5.74) is 0.894. The van der Waals surface area contributed by atoms with Crippen molar-refractivity contribution in [3.05, 3.63) is 84.9 Å². The molecule has 0 saturated heterocycles. The Balaban J connectivity index is 1.41. The fourth-order valence-corrected chi connectivity index (χ4v) is 3.71. The normalized spacial score (nSPS) is 11.4. The van der Waals surface area contributed by atoms with Crippen LogP contribution in [-0.4, -0.2) is 11.8 Å². The molecule has 0 aliphatic heterocycles. The van der Waals surface area contributed by atoms with Crippen LogP contribution in [0.15, 0.2) is 84.9 Å². The predicted molar refractivity (Wildman–Crippen MR) is 128 cm³/mol. The van der Waals surface area contributed by atoms with E-state index >= 15 is 0 Å². The smallest absolute Gasteiger partial charge is 0.230 e. The Morgan fingerprint density at radius 3 is 1.74 bits per heavy atom. The Labute approximate surface area is 182 Å². The molecule has 0 aliphatic carbocycles. The predicted octanol–water partition coefficient (Wildman–Crippen LogP) is 6.38. The van der Waals surface area contributed by atoms with Gasteiger partial charge in [-0.1, -0.05) is 86.6 Å². The summed E-state index contributed by atoms with van der Waals surface area (Å²) in [5, 5.41) is 10.2. The van der Waals surface area contributed by atoms with Crippen LogP contribution in [0.5, 0.6) is 0 Å². The Hall–Kier alpha value is -3.66. The molecule has 0 aromatic heterocycles.